The summed E-state index contributed by atoms with van der Waals surface area (Å²) in [5, 5.41) is 5.34. The fourth-order valence-corrected chi connectivity index (χ4v) is 4.67. The number of piperazine rings is 1. The fraction of sp³-hybridized carbons (Fsp3) is 0.429. The van der Waals surface area contributed by atoms with E-state index in [9.17, 15) is 0 Å². The van der Waals surface area contributed by atoms with E-state index >= 15 is 0 Å². The summed E-state index contributed by atoms with van der Waals surface area (Å²) >= 11 is 1.68. The van der Waals surface area contributed by atoms with Crippen LogP contribution in [0.3, 0.4) is 0 Å². The smallest absolute Gasteiger partial charge is 0.162 e. The lowest BCUT2D eigenvalue weighted by Gasteiger charge is -2.36. The van der Waals surface area contributed by atoms with E-state index in [4.69, 9.17) is 14.7 Å². The molecule has 3 aromatic rings. The fourth-order valence-electron chi connectivity index (χ4n) is 4.04. The molecule has 0 saturated carbocycles. The van der Waals surface area contributed by atoms with E-state index in [0.29, 0.717) is 6.10 Å². The third-order valence-electron chi connectivity index (χ3n) is 5.52. The Bertz CT molecular complexity index is 900. The van der Waals surface area contributed by atoms with Gasteiger partial charge >= 0.3 is 0 Å². The van der Waals surface area contributed by atoms with E-state index in [1.54, 1.807) is 11.3 Å². The monoisotopic (exact) mass is 380 g/mol. The van der Waals surface area contributed by atoms with Crippen LogP contribution in [0.1, 0.15) is 12.8 Å². The lowest BCUT2D eigenvalue weighted by molar-refractivity contribution is 0.0712. The second kappa shape index (κ2) is 7.54. The highest BCUT2D eigenvalue weighted by Gasteiger charge is 2.24. The first-order chi connectivity index (χ1) is 13.4. The van der Waals surface area contributed by atoms with Crippen molar-refractivity contribution in [3.63, 3.8) is 0 Å². The largest absolute Gasteiger partial charge is 0.377 e. The maximum Gasteiger partial charge on any atom is 0.162 e. The van der Waals surface area contributed by atoms with Crippen molar-refractivity contribution in [2.24, 2.45) is 0 Å². The minimum Gasteiger partial charge on any atom is -0.377 e. The summed E-state index contributed by atoms with van der Waals surface area (Å²) in [6, 6.07) is 10.5. The van der Waals surface area contributed by atoms with E-state index < -0.39 is 0 Å². The standard InChI is InChI=1S/C21H24N4OS/c1-2-6-19-18(5-1)21(23-20(22-19)16-7-13-27-15-16)25-10-8-24(9-11-25)14-17-4-3-12-26-17/h1-2,5-7,13,15,17H,3-4,8-12,14H2/t17-/m1/s1. The number of ether oxygens (including phenoxy) is 1. The Morgan fingerprint density at radius 3 is 2.74 bits per heavy atom. The van der Waals surface area contributed by atoms with Crippen molar-refractivity contribution in [1.29, 1.82) is 0 Å². The van der Waals surface area contributed by atoms with Gasteiger partial charge in [-0.15, -0.1) is 0 Å². The number of para-hydroxylation sites is 1. The summed E-state index contributed by atoms with van der Waals surface area (Å²) in [5.41, 5.74) is 2.12. The van der Waals surface area contributed by atoms with E-state index in [1.165, 1.54) is 12.8 Å². The van der Waals surface area contributed by atoms with E-state index in [0.717, 1.165) is 67.4 Å². The van der Waals surface area contributed by atoms with Gasteiger partial charge in [0.25, 0.3) is 0 Å². The topological polar surface area (TPSA) is 41.5 Å². The van der Waals surface area contributed by atoms with Crippen LogP contribution in [0.25, 0.3) is 22.3 Å². The van der Waals surface area contributed by atoms with Gasteiger partial charge in [0.15, 0.2) is 5.82 Å². The van der Waals surface area contributed by atoms with Gasteiger partial charge in [0.05, 0.1) is 11.6 Å². The maximum atomic E-state index is 5.81. The molecule has 0 spiro atoms. The zero-order valence-corrected chi connectivity index (χ0v) is 16.2. The molecule has 0 radical (unpaired) electrons. The van der Waals surface area contributed by atoms with Crippen molar-refractivity contribution in [3.05, 3.63) is 41.1 Å². The van der Waals surface area contributed by atoms with Crippen LogP contribution >= 0.6 is 11.3 Å². The summed E-state index contributed by atoms with van der Waals surface area (Å²) in [5.74, 6) is 1.89. The van der Waals surface area contributed by atoms with Crippen molar-refractivity contribution in [2.45, 2.75) is 18.9 Å². The average Bonchev–Trinajstić information content (AvgIpc) is 3.42. The number of hydrogen-bond acceptors (Lipinski definition) is 6. The molecule has 0 amide bonds. The molecular weight excluding hydrogens is 356 g/mol. The van der Waals surface area contributed by atoms with Crippen molar-refractivity contribution < 1.29 is 4.74 Å². The van der Waals surface area contributed by atoms with E-state index in [1.807, 2.05) is 0 Å². The summed E-state index contributed by atoms with van der Waals surface area (Å²) in [4.78, 5) is 14.7. The molecule has 2 aromatic heterocycles. The van der Waals surface area contributed by atoms with Gasteiger partial charge in [0.1, 0.15) is 5.82 Å². The van der Waals surface area contributed by atoms with Gasteiger partial charge in [-0.25, -0.2) is 9.97 Å². The van der Waals surface area contributed by atoms with Crippen LogP contribution in [-0.4, -0.2) is 60.3 Å². The molecule has 2 saturated heterocycles. The van der Waals surface area contributed by atoms with Gasteiger partial charge in [-0.1, -0.05) is 12.1 Å². The molecule has 0 N–H and O–H groups in total. The number of thiophene rings is 1. The molecule has 4 heterocycles. The van der Waals surface area contributed by atoms with Crippen molar-refractivity contribution >= 4 is 28.1 Å². The minimum absolute atomic E-state index is 0.432. The Balaban J connectivity index is 1.39. The van der Waals surface area contributed by atoms with E-state index in [2.05, 4.69) is 50.9 Å². The molecule has 5 nitrogen and oxygen atoms in total. The Kier molecular flexibility index (Phi) is 4.78. The first kappa shape index (κ1) is 17.1. The molecule has 27 heavy (non-hydrogen) atoms. The van der Waals surface area contributed by atoms with E-state index in [-0.39, 0.29) is 0 Å². The van der Waals surface area contributed by atoms with Crippen molar-refractivity contribution in [3.8, 4) is 11.4 Å². The molecular formula is C21H24N4OS. The summed E-state index contributed by atoms with van der Waals surface area (Å²) in [7, 11) is 0. The minimum atomic E-state index is 0.432. The lowest BCUT2D eigenvalue weighted by Crippen LogP contribution is -2.48. The van der Waals surface area contributed by atoms with Crippen LogP contribution < -0.4 is 4.90 Å². The number of anilines is 1. The first-order valence-electron chi connectivity index (χ1n) is 9.75. The molecule has 0 bridgehead atoms. The molecule has 2 fully saturated rings. The normalized spacial score (nSPS) is 21.2. The van der Waals surface area contributed by atoms with Gasteiger partial charge in [0, 0.05) is 55.7 Å². The second-order valence-electron chi connectivity index (χ2n) is 7.32. The Morgan fingerprint density at radius 1 is 1.07 bits per heavy atom. The number of fused-ring (bicyclic) bond motifs is 1. The highest BCUT2D eigenvalue weighted by Crippen LogP contribution is 2.29. The molecule has 0 aliphatic carbocycles. The van der Waals surface area contributed by atoms with Crippen LogP contribution in [0.4, 0.5) is 5.82 Å². The Morgan fingerprint density at radius 2 is 1.96 bits per heavy atom. The highest BCUT2D eigenvalue weighted by atomic mass is 32.1. The number of benzene rings is 1. The van der Waals surface area contributed by atoms with Crippen molar-refractivity contribution in [1.82, 2.24) is 14.9 Å². The molecule has 2 aliphatic heterocycles. The van der Waals surface area contributed by atoms with Crippen LogP contribution in [0.15, 0.2) is 41.1 Å². The predicted octanol–water partition coefficient (Wildman–Crippen LogP) is 3.66. The highest BCUT2D eigenvalue weighted by molar-refractivity contribution is 7.08. The van der Waals surface area contributed by atoms with Crippen LogP contribution in [-0.2, 0) is 4.74 Å². The van der Waals surface area contributed by atoms with Crippen LogP contribution in [0.5, 0.6) is 0 Å². The van der Waals surface area contributed by atoms with Gasteiger partial charge in [-0.3, -0.25) is 4.90 Å². The Hall–Kier alpha value is -2.02. The third-order valence-corrected chi connectivity index (χ3v) is 6.20. The average molecular weight is 381 g/mol. The summed E-state index contributed by atoms with van der Waals surface area (Å²) in [6.07, 6.45) is 2.85. The SMILES string of the molecule is c1ccc2c(N3CCN(C[C@H]4CCCO4)CC3)nc(-c3ccsc3)nc2c1. The van der Waals surface area contributed by atoms with Gasteiger partial charge < -0.3 is 9.64 Å². The quantitative estimate of drug-likeness (QED) is 0.691. The van der Waals surface area contributed by atoms with Crippen LogP contribution in [0, 0.1) is 0 Å². The lowest BCUT2D eigenvalue weighted by atomic mass is 10.2. The van der Waals surface area contributed by atoms with Gasteiger partial charge in [0.2, 0.25) is 0 Å². The molecule has 0 unspecified atom stereocenters. The molecule has 5 rings (SSSR count). The molecule has 6 heteroatoms. The number of aromatic nitrogens is 2. The first-order valence-corrected chi connectivity index (χ1v) is 10.7. The summed E-state index contributed by atoms with van der Waals surface area (Å²) < 4.78 is 5.81. The van der Waals surface area contributed by atoms with Crippen LogP contribution in [0.2, 0.25) is 0 Å². The molecule has 2 aliphatic rings. The van der Waals surface area contributed by atoms with Gasteiger partial charge in [-0.05, 0) is 36.4 Å². The molecule has 1 aromatic carbocycles. The number of hydrogen-bond donors (Lipinski definition) is 0. The third kappa shape index (κ3) is 3.57. The molecule has 140 valence electrons. The van der Waals surface area contributed by atoms with Gasteiger partial charge in [-0.2, -0.15) is 11.3 Å². The van der Waals surface area contributed by atoms with Crippen molar-refractivity contribution in [2.75, 3.05) is 44.2 Å². The zero-order valence-electron chi connectivity index (χ0n) is 15.4. The predicted molar refractivity (Wildman–Crippen MR) is 110 cm³/mol. The maximum absolute atomic E-state index is 5.81. The number of nitrogens with zero attached hydrogens (tertiary/aromatic N) is 4. The summed E-state index contributed by atoms with van der Waals surface area (Å²) in [6.45, 7) is 6.12. The zero-order chi connectivity index (χ0) is 18.1. The Labute approximate surface area is 163 Å². The second-order valence-corrected chi connectivity index (χ2v) is 8.10. The molecule has 1 atom stereocenters. The number of rotatable bonds is 4.